The summed E-state index contributed by atoms with van der Waals surface area (Å²) in [5.74, 6) is -2.05. The number of carboxylic acid groups (broad SMARTS) is 1. The van der Waals surface area contributed by atoms with Gasteiger partial charge in [0.15, 0.2) is 12.2 Å². The van der Waals surface area contributed by atoms with Crippen LogP contribution in [0.1, 0.15) is 74.4 Å². The molecule has 3 rings (SSSR count). The summed E-state index contributed by atoms with van der Waals surface area (Å²) in [7, 11) is 1.89. The number of thiazole rings is 1. The summed E-state index contributed by atoms with van der Waals surface area (Å²) in [6, 6.07) is 5.00. The highest BCUT2D eigenvalue weighted by atomic mass is 127. The first kappa shape index (κ1) is 46.0. The maximum Gasteiger partial charge on any atom is 0.413 e. The van der Waals surface area contributed by atoms with Crippen LogP contribution in [-0.2, 0) is 42.2 Å². The zero-order chi connectivity index (χ0) is 39.7. The van der Waals surface area contributed by atoms with Crippen LogP contribution in [-0.4, -0.2) is 80.7 Å². The summed E-state index contributed by atoms with van der Waals surface area (Å²) in [5, 5.41) is 20.5. The molecule has 0 saturated heterocycles. The quantitative estimate of drug-likeness (QED) is 0.0410. The lowest BCUT2D eigenvalue weighted by molar-refractivity contribution is -0.753. The third-order valence-electron chi connectivity index (χ3n) is 6.40. The van der Waals surface area contributed by atoms with E-state index in [1.165, 1.54) is 5.38 Å². The molecule has 0 bridgehead atoms. The van der Waals surface area contributed by atoms with Crippen molar-refractivity contribution in [2.45, 2.75) is 98.2 Å². The molecule has 3 aromatic rings. The highest BCUT2D eigenvalue weighted by molar-refractivity contribution is 7.14. The van der Waals surface area contributed by atoms with E-state index < -0.39 is 59.4 Å². The van der Waals surface area contributed by atoms with Crippen molar-refractivity contribution in [2.24, 2.45) is 12.2 Å². The van der Waals surface area contributed by atoms with E-state index >= 15 is 0 Å². The van der Waals surface area contributed by atoms with Crippen LogP contribution in [0.4, 0.5) is 14.7 Å². The number of carbonyl (C=O) groups excluding carboxylic acids is 3. The zero-order valence-corrected chi connectivity index (χ0v) is 35.7. The number of esters is 1. The molecule has 3 N–H and O–H groups in total. The Kier molecular flexibility index (Phi) is 16.5. The molecule has 1 aromatic carbocycles. The third kappa shape index (κ3) is 15.7. The molecule has 0 radical (unpaired) electrons. The van der Waals surface area contributed by atoms with E-state index in [0.29, 0.717) is 30.3 Å². The van der Waals surface area contributed by atoms with Crippen molar-refractivity contribution < 1.29 is 76.7 Å². The molecule has 298 valence electrons. The first-order valence-electron chi connectivity index (χ1n) is 16.6. The van der Waals surface area contributed by atoms with Crippen LogP contribution < -0.4 is 44.0 Å². The normalized spacial score (nSPS) is 12.5. The first-order valence-corrected chi connectivity index (χ1v) is 17.9. The van der Waals surface area contributed by atoms with Gasteiger partial charge < -0.3 is 58.2 Å². The highest BCUT2D eigenvalue weighted by Crippen LogP contribution is 2.31. The number of oxime groups is 1. The largest absolute Gasteiger partial charge is 1.00 e. The number of carboxylic acids is 1. The molecule has 2 heterocycles. The van der Waals surface area contributed by atoms with E-state index in [0.717, 1.165) is 22.5 Å². The summed E-state index contributed by atoms with van der Waals surface area (Å²) >= 11 is 7.61. The second-order valence-corrected chi connectivity index (χ2v) is 16.0. The molecular formula is C35H48ClIN6O10S. The van der Waals surface area contributed by atoms with E-state index in [2.05, 4.69) is 20.8 Å². The number of benzene rings is 1. The van der Waals surface area contributed by atoms with Crippen LogP contribution in [0.3, 0.4) is 0 Å². The molecule has 0 saturated carbocycles. The van der Waals surface area contributed by atoms with Gasteiger partial charge in [0.25, 0.3) is 6.10 Å². The van der Waals surface area contributed by atoms with Crippen molar-refractivity contribution >= 4 is 57.9 Å². The number of amides is 2. The Labute approximate surface area is 340 Å². The standard InChI is InChI=1S/C35H47ClN6O10S.HI/c1-33(2,3)49-29(45)26(52-40-27(28(43)44)25-20-53-30(38-25)39-32(47)51-35(7,8)9)19-48-22-12-13-23(24(36)16-22)21-17-41(10)42(18-21)15-11-14-37-31(46)50-34(4,5)6;/h12-13,16-18,20,26H,11,14-15,19H2,1-10H3,(H2-,37,38,39,43,44,46,47);1H/b40-27-;. The summed E-state index contributed by atoms with van der Waals surface area (Å²) < 4.78 is 25.7. The van der Waals surface area contributed by atoms with Gasteiger partial charge in [-0.05, 0) is 86.9 Å². The maximum absolute atomic E-state index is 13.1. The number of carbonyl (C=O) groups is 4. The van der Waals surface area contributed by atoms with Crippen molar-refractivity contribution in [2.75, 3.05) is 18.5 Å². The minimum absolute atomic E-state index is 0. The minimum Gasteiger partial charge on any atom is -1.00 e. The molecule has 54 heavy (non-hydrogen) atoms. The average Bonchev–Trinajstić information content (AvgIpc) is 3.59. The predicted octanol–water partition coefficient (Wildman–Crippen LogP) is 2.95. The summed E-state index contributed by atoms with van der Waals surface area (Å²) in [5.41, 5.74) is -1.42. The van der Waals surface area contributed by atoms with Gasteiger partial charge in [-0.2, -0.15) is 4.68 Å². The molecule has 1 unspecified atom stereocenters. The number of halogens is 2. The van der Waals surface area contributed by atoms with E-state index in [-0.39, 0.29) is 34.8 Å². The van der Waals surface area contributed by atoms with E-state index in [1.54, 1.807) is 80.5 Å². The SMILES string of the molecule is C[n+]1cc(-c2ccc(OCC(O/N=C(\C(=O)O)c3csc(NC(=O)OC(C)(C)C)n3)C(=O)OC(C)(C)C)cc2Cl)cn1CCCNC(=O)OC(C)(C)C.[I-]. The fourth-order valence-electron chi connectivity index (χ4n) is 4.31. The minimum atomic E-state index is -1.50. The smallest absolute Gasteiger partial charge is 0.413 e. The molecule has 19 heteroatoms. The number of ether oxygens (including phenoxy) is 4. The Morgan fingerprint density at radius 1 is 1.00 bits per heavy atom. The van der Waals surface area contributed by atoms with E-state index in [1.807, 2.05) is 28.8 Å². The number of alkyl carbamates (subject to hydrolysis) is 1. The van der Waals surface area contributed by atoms with Gasteiger partial charge in [0.2, 0.25) is 11.9 Å². The van der Waals surface area contributed by atoms with Gasteiger partial charge in [-0.25, -0.2) is 24.2 Å². The van der Waals surface area contributed by atoms with E-state index in [9.17, 15) is 24.3 Å². The molecule has 0 aliphatic carbocycles. The number of aliphatic carboxylic acids is 1. The number of rotatable bonds is 14. The summed E-state index contributed by atoms with van der Waals surface area (Å²) in [6.07, 6.45) is 1.78. The molecule has 0 spiro atoms. The number of hydrogen-bond donors (Lipinski definition) is 3. The number of anilines is 1. The van der Waals surface area contributed by atoms with Crippen LogP contribution >= 0.6 is 22.9 Å². The molecule has 0 fully saturated rings. The molecule has 0 aliphatic heterocycles. The molecule has 16 nitrogen and oxygen atoms in total. The molecular weight excluding hydrogens is 859 g/mol. The van der Waals surface area contributed by atoms with Crippen LogP contribution in [0.15, 0.2) is 41.1 Å². The maximum atomic E-state index is 13.1. The number of nitrogens with one attached hydrogen (secondary N) is 2. The van der Waals surface area contributed by atoms with Crippen LogP contribution in [0.25, 0.3) is 11.1 Å². The number of nitrogens with zero attached hydrogens (tertiary/aromatic N) is 4. The van der Waals surface area contributed by atoms with Crippen molar-refractivity contribution in [3.8, 4) is 16.9 Å². The van der Waals surface area contributed by atoms with Gasteiger partial charge in [0.05, 0.1) is 23.3 Å². The van der Waals surface area contributed by atoms with E-state index in [4.69, 9.17) is 35.4 Å². The van der Waals surface area contributed by atoms with Gasteiger partial charge in [-0.3, -0.25) is 5.32 Å². The summed E-state index contributed by atoms with van der Waals surface area (Å²) in [4.78, 5) is 58.7. The zero-order valence-electron chi connectivity index (χ0n) is 31.9. The van der Waals surface area contributed by atoms with Gasteiger partial charge in [-0.1, -0.05) is 16.8 Å². The van der Waals surface area contributed by atoms with Gasteiger partial charge in [0.1, 0.15) is 34.9 Å². The fourth-order valence-corrected chi connectivity index (χ4v) is 5.27. The lowest BCUT2D eigenvalue weighted by Gasteiger charge is -2.23. The van der Waals surface area contributed by atoms with Crippen LogP contribution in [0.5, 0.6) is 5.75 Å². The predicted molar refractivity (Wildman–Crippen MR) is 197 cm³/mol. The van der Waals surface area contributed by atoms with Gasteiger partial charge in [-0.15, -0.1) is 16.0 Å². The monoisotopic (exact) mass is 906 g/mol. The number of hydrogen-bond acceptors (Lipinski definition) is 12. The number of aryl methyl sites for hydroxylation is 2. The van der Waals surface area contributed by atoms with Crippen molar-refractivity contribution in [3.05, 3.63) is 46.7 Å². The topological polar surface area (TPSA) is 193 Å². The van der Waals surface area contributed by atoms with Crippen molar-refractivity contribution in [1.29, 1.82) is 0 Å². The highest BCUT2D eigenvalue weighted by Gasteiger charge is 2.30. The van der Waals surface area contributed by atoms with Crippen molar-refractivity contribution in [1.82, 2.24) is 15.0 Å². The Morgan fingerprint density at radius 3 is 2.22 bits per heavy atom. The van der Waals surface area contributed by atoms with Crippen LogP contribution in [0, 0.1) is 0 Å². The Balaban J connectivity index is 0.0000101. The molecule has 2 amide bonds. The van der Waals surface area contributed by atoms with Gasteiger partial charge >= 0.3 is 24.1 Å². The molecule has 1 atom stereocenters. The fraction of sp³-hybridized carbons (Fsp3) is 0.514. The second kappa shape index (κ2) is 19.4. The van der Waals surface area contributed by atoms with Crippen LogP contribution in [0.2, 0.25) is 5.02 Å². The number of aromatic nitrogens is 3. The lowest BCUT2D eigenvalue weighted by atomic mass is 10.1. The molecule has 0 aliphatic rings. The Morgan fingerprint density at radius 2 is 1.63 bits per heavy atom. The average molecular weight is 907 g/mol. The first-order chi connectivity index (χ1) is 24.5. The summed E-state index contributed by atoms with van der Waals surface area (Å²) in [6.45, 7) is 16.1. The lowest BCUT2D eigenvalue weighted by Crippen LogP contribution is -3.00. The Bertz CT molecular complexity index is 1810. The van der Waals surface area contributed by atoms with Crippen molar-refractivity contribution in [3.63, 3.8) is 0 Å². The van der Waals surface area contributed by atoms with Gasteiger partial charge in [0, 0.05) is 17.5 Å². The molecule has 2 aromatic heterocycles. The second-order valence-electron chi connectivity index (χ2n) is 14.7. The Hall–Kier alpha value is -4.17. The third-order valence-corrected chi connectivity index (χ3v) is 7.47.